The quantitative estimate of drug-likeness (QED) is 0.527. The van der Waals surface area contributed by atoms with Gasteiger partial charge in [0.2, 0.25) is 0 Å². The van der Waals surface area contributed by atoms with Gasteiger partial charge >= 0.3 is 0 Å². The summed E-state index contributed by atoms with van der Waals surface area (Å²) in [6.07, 6.45) is 0. The van der Waals surface area contributed by atoms with Crippen molar-refractivity contribution in [2.45, 2.75) is 11.4 Å². The fourth-order valence-corrected chi connectivity index (χ4v) is 3.85. The minimum atomic E-state index is 0.116. The topological polar surface area (TPSA) is 33.5 Å². The number of hydrogen-bond acceptors (Lipinski definition) is 3. The van der Waals surface area contributed by atoms with Crippen LogP contribution in [-0.2, 0) is 11.3 Å². The maximum Gasteiger partial charge on any atom is 0.275 e. The molecule has 1 atom stereocenters. The van der Waals surface area contributed by atoms with Gasteiger partial charge in [0.05, 0.1) is 11.9 Å². The molecule has 0 radical (unpaired) electrons. The van der Waals surface area contributed by atoms with Gasteiger partial charge in [-0.1, -0.05) is 22.0 Å². The Labute approximate surface area is 148 Å². The number of rotatable bonds is 8. The lowest BCUT2D eigenvalue weighted by molar-refractivity contribution is -0.885. The minimum Gasteiger partial charge on any atom is -0.350 e. The zero-order valence-corrected chi connectivity index (χ0v) is 15.7. The van der Waals surface area contributed by atoms with Crippen LogP contribution in [0.5, 0.6) is 0 Å². The first-order valence-corrected chi connectivity index (χ1v) is 9.78. The first kappa shape index (κ1) is 17.5. The molecular weight excluding hydrogens is 380 g/mol. The Bertz CT molecular complexity index is 572. The first-order valence-electron chi connectivity index (χ1n) is 7.12. The Kier molecular flexibility index (Phi) is 7.45. The third-order valence-corrected chi connectivity index (χ3v) is 5.44. The van der Waals surface area contributed by atoms with Crippen molar-refractivity contribution < 1.29 is 9.69 Å². The van der Waals surface area contributed by atoms with Crippen LogP contribution in [-0.4, -0.2) is 31.8 Å². The molecule has 1 amide bonds. The fraction of sp³-hybridized carbons (Fsp3) is 0.312. The van der Waals surface area contributed by atoms with Crippen LogP contribution in [0.25, 0.3) is 0 Å². The summed E-state index contributed by atoms with van der Waals surface area (Å²) in [5.74, 6) is 1.00. The average molecular weight is 400 g/mol. The number of nitrogens with one attached hydrogen (secondary N) is 2. The lowest BCUT2D eigenvalue weighted by Crippen LogP contribution is -3.08. The second-order valence-corrected chi connectivity index (χ2v) is 8.16. The molecule has 0 fully saturated rings. The summed E-state index contributed by atoms with van der Waals surface area (Å²) in [5, 5.41) is 5.06. The second-order valence-electron chi connectivity index (χ2n) is 5.04. The molecule has 0 spiro atoms. The highest BCUT2D eigenvalue weighted by molar-refractivity contribution is 9.10. The third kappa shape index (κ3) is 6.52. The molecule has 0 aliphatic rings. The molecule has 0 aliphatic carbocycles. The van der Waals surface area contributed by atoms with E-state index >= 15 is 0 Å². The molecule has 22 heavy (non-hydrogen) atoms. The predicted molar refractivity (Wildman–Crippen MR) is 97.7 cm³/mol. The second kappa shape index (κ2) is 9.35. The van der Waals surface area contributed by atoms with Crippen molar-refractivity contribution in [3.05, 3.63) is 51.1 Å². The number of thioether (sulfide) groups is 1. The summed E-state index contributed by atoms with van der Waals surface area (Å²) in [6.45, 7) is 2.12. The van der Waals surface area contributed by atoms with E-state index in [4.69, 9.17) is 0 Å². The molecule has 1 unspecified atom stereocenters. The van der Waals surface area contributed by atoms with Crippen LogP contribution in [0.1, 0.15) is 4.88 Å². The first-order chi connectivity index (χ1) is 10.6. The van der Waals surface area contributed by atoms with Crippen molar-refractivity contribution >= 4 is 44.9 Å². The Hall–Kier alpha value is -0.820. The number of hydrogen-bond donors (Lipinski definition) is 2. The number of benzene rings is 1. The monoisotopic (exact) mass is 399 g/mol. The summed E-state index contributed by atoms with van der Waals surface area (Å²) in [6, 6.07) is 12.4. The van der Waals surface area contributed by atoms with Crippen molar-refractivity contribution in [2.24, 2.45) is 0 Å². The average Bonchev–Trinajstić information content (AvgIpc) is 2.98. The Morgan fingerprint density at radius 3 is 2.77 bits per heavy atom. The van der Waals surface area contributed by atoms with Crippen LogP contribution in [0.3, 0.4) is 0 Å². The van der Waals surface area contributed by atoms with Gasteiger partial charge in [-0.05, 0) is 35.7 Å². The molecule has 2 N–H and O–H groups in total. The molecule has 2 rings (SSSR count). The zero-order valence-electron chi connectivity index (χ0n) is 12.5. The molecule has 0 bridgehead atoms. The van der Waals surface area contributed by atoms with Gasteiger partial charge in [0.25, 0.3) is 5.91 Å². The van der Waals surface area contributed by atoms with Crippen molar-refractivity contribution in [1.29, 1.82) is 0 Å². The van der Waals surface area contributed by atoms with Crippen molar-refractivity contribution in [2.75, 3.05) is 25.9 Å². The van der Waals surface area contributed by atoms with Crippen LogP contribution in [0, 0.1) is 0 Å². The van der Waals surface area contributed by atoms with Gasteiger partial charge in [-0.25, -0.2) is 0 Å². The summed E-state index contributed by atoms with van der Waals surface area (Å²) < 4.78 is 1.09. The number of halogens is 1. The summed E-state index contributed by atoms with van der Waals surface area (Å²) in [4.78, 5) is 15.6. The normalized spacial score (nSPS) is 12.1. The van der Waals surface area contributed by atoms with Gasteiger partial charge in [-0.2, -0.15) is 0 Å². The highest BCUT2D eigenvalue weighted by Crippen LogP contribution is 2.19. The molecule has 0 aliphatic heterocycles. The fourth-order valence-electron chi connectivity index (χ4n) is 2.00. The standard InChI is InChI=1S/C16H19BrN2OS2/c1-19(11-15-3-2-9-21-15)12-16(20)18-8-10-22-14-6-4-13(17)5-7-14/h2-7,9H,8,10-12H2,1H3,(H,18,20)/p+1. The predicted octanol–water partition coefficient (Wildman–Crippen LogP) is 2.43. The zero-order chi connectivity index (χ0) is 15.8. The molecule has 118 valence electrons. The number of carbonyl (C=O) groups is 1. The Morgan fingerprint density at radius 2 is 2.09 bits per heavy atom. The van der Waals surface area contributed by atoms with Gasteiger partial charge in [0.1, 0.15) is 6.54 Å². The van der Waals surface area contributed by atoms with E-state index in [0.717, 1.165) is 16.8 Å². The van der Waals surface area contributed by atoms with Gasteiger partial charge in [0, 0.05) is 21.7 Å². The minimum absolute atomic E-state index is 0.116. The van der Waals surface area contributed by atoms with E-state index in [0.29, 0.717) is 13.1 Å². The van der Waals surface area contributed by atoms with E-state index < -0.39 is 0 Å². The Balaban J connectivity index is 1.60. The van der Waals surface area contributed by atoms with Gasteiger partial charge in [0.15, 0.2) is 6.54 Å². The number of quaternary nitrogens is 1. The van der Waals surface area contributed by atoms with Crippen molar-refractivity contribution in [3.63, 3.8) is 0 Å². The molecule has 3 nitrogen and oxygen atoms in total. The SMILES string of the molecule is C[NH+](CC(=O)NCCSc1ccc(Br)cc1)Cc1cccs1. The van der Waals surface area contributed by atoms with Gasteiger partial charge < -0.3 is 10.2 Å². The molecule has 6 heteroatoms. The lowest BCUT2D eigenvalue weighted by Gasteiger charge is -2.12. The Morgan fingerprint density at radius 1 is 1.32 bits per heavy atom. The summed E-state index contributed by atoms with van der Waals surface area (Å²) in [7, 11) is 2.05. The van der Waals surface area contributed by atoms with Crippen LogP contribution in [0.15, 0.2) is 51.1 Å². The van der Waals surface area contributed by atoms with Gasteiger partial charge in [-0.3, -0.25) is 4.79 Å². The van der Waals surface area contributed by atoms with E-state index in [1.165, 1.54) is 14.7 Å². The summed E-state index contributed by atoms with van der Waals surface area (Å²) in [5.41, 5.74) is 0. The van der Waals surface area contributed by atoms with Crippen LogP contribution < -0.4 is 10.2 Å². The van der Waals surface area contributed by atoms with Gasteiger partial charge in [-0.15, -0.1) is 23.1 Å². The third-order valence-electron chi connectivity index (χ3n) is 3.03. The number of thiophene rings is 1. The summed E-state index contributed by atoms with van der Waals surface area (Å²) >= 11 is 6.91. The smallest absolute Gasteiger partial charge is 0.275 e. The van der Waals surface area contributed by atoms with E-state index in [9.17, 15) is 4.79 Å². The van der Waals surface area contributed by atoms with E-state index in [2.05, 4.69) is 51.9 Å². The molecule has 2 aromatic rings. The highest BCUT2D eigenvalue weighted by Gasteiger charge is 2.10. The van der Waals surface area contributed by atoms with E-state index in [1.807, 2.05) is 18.2 Å². The number of amides is 1. The molecule has 1 aromatic carbocycles. The van der Waals surface area contributed by atoms with Crippen molar-refractivity contribution in [1.82, 2.24) is 5.32 Å². The largest absolute Gasteiger partial charge is 0.350 e. The highest BCUT2D eigenvalue weighted by atomic mass is 79.9. The molecule has 0 saturated carbocycles. The maximum absolute atomic E-state index is 11.9. The van der Waals surface area contributed by atoms with Crippen LogP contribution in [0.2, 0.25) is 0 Å². The molecular formula is C16H20BrN2OS2+. The molecule has 1 aromatic heterocycles. The number of carbonyl (C=O) groups excluding carboxylic acids is 1. The number of likely N-dealkylation sites (N-methyl/N-ethyl adjacent to an activating group) is 1. The van der Waals surface area contributed by atoms with Crippen LogP contribution in [0.4, 0.5) is 0 Å². The van der Waals surface area contributed by atoms with E-state index in [1.54, 1.807) is 23.1 Å². The molecule has 0 saturated heterocycles. The van der Waals surface area contributed by atoms with Crippen molar-refractivity contribution in [3.8, 4) is 0 Å². The van der Waals surface area contributed by atoms with Crippen LogP contribution >= 0.6 is 39.0 Å². The lowest BCUT2D eigenvalue weighted by atomic mass is 10.4. The molecule has 1 heterocycles. The maximum atomic E-state index is 11.9. The van der Waals surface area contributed by atoms with E-state index in [-0.39, 0.29) is 5.91 Å².